The van der Waals surface area contributed by atoms with Gasteiger partial charge in [-0.1, -0.05) is 12.1 Å². The number of piperazine rings is 1. The summed E-state index contributed by atoms with van der Waals surface area (Å²) in [5.74, 6) is 0.0836. The summed E-state index contributed by atoms with van der Waals surface area (Å²) in [6, 6.07) is 18.1. The molecule has 0 radical (unpaired) electrons. The molecule has 2 bridgehead atoms. The highest BCUT2D eigenvalue weighted by atomic mass is 16.2. The quantitative estimate of drug-likeness (QED) is 0.252. The zero-order chi connectivity index (χ0) is 34.1. The third-order valence-corrected chi connectivity index (χ3v) is 11.0. The highest BCUT2D eigenvalue weighted by Crippen LogP contribution is 2.39. The van der Waals surface area contributed by atoms with E-state index in [9.17, 15) is 14.4 Å². The second kappa shape index (κ2) is 14.1. The third kappa shape index (κ3) is 7.22. The molecule has 7 rings (SSSR count). The fourth-order valence-corrected chi connectivity index (χ4v) is 7.80. The first-order valence-electron chi connectivity index (χ1n) is 17.8. The average molecular weight is 665 g/mol. The van der Waals surface area contributed by atoms with Crippen molar-refractivity contribution in [2.75, 3.05) is 48.3 Å². The summed E-state index contributed by atoms with van der Waals surface area (Å²) >= 11 is 0. The van der Waals surface area contributed by atoms with Crippen LogP contribution in [0.4, 0.5) is 17.2 Å². The van der Waals surface area contributed by atoms with Crippen LogP contribution in [0, 0.1) is 0 Å². The molecule has 258 valence electrons. The molecule has 1 saturated carbocycles. The average Bonchev–Trinajstić information content (AvgIpc) is 3.36. The van der Waals surface area contributed by atoms with Crippen molar-refractivity contribution in [3.8, 4) is 0 Å². The number of nitrogens with one attached hydrogen (secondary N) is 3. The van der Waals surface area contributed by atoms with Crippen LogP contribution in [0.5, 0.6) is 0 Å². The van der Waals surface area contributed by atoms with Crippen LogP contribution >= 0.6 is 0 Å². The number of hydrogen-bond donors (Lipinski definition) is 4. The Morgan fingerprint density at radius 3 is 2.14 bits per heavy atom. The monoisotopic (exact) mass is 664 g/mol. The summed E-state index contributed by atoms with van der Waals surface area (Å²) in [7, 11) is 2.16. The maximum absolute atomic E-state index is 13.3. The van der Waals surface area contributed by atoms with E-state index in [2.05, 4.69) is 62.0 Å². The topological polar surface area (TPSA) is 136 Å². The molecule has 4 fully saturated rings. The summed E-state index contributed by atoms with van der Waals surface area (Å²) in [6.45, 7) is 6.18. The number of aromatic nitrogens is 1. The maximum atomic E-state index is 13.3. The highest BCUT2D eigenvalue weighted by Gasteiger charge is 2.42. The van der Waals surface area contributed by atoms with E-state index in [0.717, 1.165) is 82.5 Å². The van der Waals surface area contributed by atoms with E-state index in [-0.39, 0.29) is 36.0 Å². The van der Waals surface area contributed by atoms with Gasteiger partial charge in [0.15, 0.2) is 0 Å². The number of primary amides is 1. The zero-order valence-corrected chi connectivity index (χ0v) is 28.5. The molecule has 3 amide bonds. The Hall–Kier alpha value is -4.64. The van der Waals surface area contributed by atoms with Gasteiger partial charge in [-0.2, -0.15) is 0 Å². The lowest BCUT2D eigenvalue weighted by molar-refractivity contribution is 0.0922. The predicted molar refractivity (Wildman–Crippen MR) is 192 cm³/mol. The van der Waals surface area contributed by atoms with E-state index in [4.69, 9.17) is 10.7 Å². The van der Waals surface area contributed by atoms with Gasteiger partial charge in [-0.3, -0.25) is 14.4 Å². The molecule has 4 aliphatic rings. The van der Waals surface area contributed by atoms with Crippen LogP contribution < -0.4 is 31.5 Å². The Kier molecular flexibility index (Phi) is 9.44. The molecular weight excluding hydrogens is 616 g/mol. The Labute approximate surface area is 288 Å². The fourth-order valence-electron chi connectivity index (χ4n) is 7.80. The smallest absolute Gasteiger partial charge is 0.253 e. The number of rotatable bonds is 10. The molecule has 4 atom stereocenters. The van der Waals surface area contributed by atoms with Crippen LogP contribution in [0.25, 0.3) is 0 Å². The maximum Gasteiger partial charge on any atom is 0.253 e. The van der Waals surface area contributed by atoms with E-state index in [1.54, 1.807) is 24.4 Å². The van der Waals surface area contributed by atoms with Gasteiger partial charge in [0.2, 0.25) is 0 Å². The predicted octanol–water partition coefficient (Wildman–Crippen LogP) is 4.32. The van der Waals surface area contributed by atoms with Crippen LogP contribution in [-0.2, 0) is 0 Å². The number of hydrogen-bond acceptors (Lipinski definition) is 8. The van der Waals surface area contributed by atoms with Gasteiger partial charge in [-0.15, -0.1) is 0 Å². The van der Waals surface area contributed by atoms with Crippen LogP contribution in [0.3, 0.4) is 0 Å². The Bertz CT molecular complexity index is 1650. The molecule has 3 aliphatic heterocycles. The second-order valence-corrected chi connectivity index (χ2v) is 14.3. The molecule has 11 heteroatoms. The van der Waals surface area contributed by atoms with Gasteiger partial charge in [0.1, 0.15) is 5.82 Å². The molecule has 0 spiro atoms. The number of pyridine rings is 1. The van der Waals surface area contributed by atoms with Gasteiger partial charge in [-0.05, 0) is 107 Å². The molecule has 1 aromatic heterocycles. The number of likely N-dealkylation sites (N-methyl/N-ethyl adjacent to an activating group) is 1. The minimum Gasteiger partial charge on any atom is -0.382 e. The lowest BCUT2D eigenvalue weighted by atomic mass is 9.92. The molecule has 3 aromatic rings. The van der Waals surface area contributed by atoms with Gasteiger partial charge < -0.3 is 36.4 Å². The normalized spacial score (nSPS) is 23.0. The summed E-state index contributed by atoms with van der Waals surface area (Å²) in [5.41, 5.74) is 9.99. The summed E-state index contributed by atoms with van der Waals surface area (Å²) in [6.07, 6.45) is 8.65. The molecule has 11 nitrogen and oxygen atoms in total. The van der Waals surface area contributed by atoms with Crippen molar-refractivity contribution in [2.45, 2.75) is 82.1 Å². The molecular formula is C38H48N8O3. The fraction of sp³-hybridized carbons (Fsp3) is 0.474. The van der Waals surface area contributed by atoms with Crippen LogP contribution in [-0.4, -0.2) is 85.0 Å². The molecule has 49 heavy (non-hydrogen) atoms. The molecule has 1 aliphatic carbocycles. The van der Waals surface area contributed by atoms with E-state index in [0.29, 0.717) is 28.4 Å². The molecule has 2 aromatic carbocycles. The van der Waals surface area contributed by atoms with Gasteiger partial charge >= 0.3 is 0 Å². The number of nitrogens with zero attached hydrogens (tertiary/aromatic N) is 4. The van der Waals surface area contributed by atoms with E-state index >= 15 is 0 Å². The lowest BCUT2D eigenvalue weighted by Gasteiger charge is -2.40. The van der Waals surface area contributed by atoms with Crippen molar-refractivity contribution in [1.29, 1.82) is 0 Å². The van der Waals surface area contributed by atoms with Crippen molar-refractivity contribution in [2.24, 2.45) is 5.73 Å². The van der Waals surface area contributed by atoms with Gasteiger partial charge in [0.05, 0.1) is 17.2 Å². The largest absolute Gasteiger partial charge is 0.382 e. The number of anilines is 3. The first kappa shape index (κ1) is 32.9. The van der Waals surface area contributed by atoms with Crippen molar-refractivity contribution in [3.63, 3.8) is 0 Å². The number of carbonyl (C=O) groups is 3. The standard InChI is InChI=1S/C38H48N8O3/c1-24(25-6-10-30(11-7-25)45-18-16-44(2)17-19-45)41-38(49)27-9-15-35(40-23-27)46-31-12-13-32(46)22-29(21-31)43-37(48)26-8-14-33(36(39)47)34(20-26)42-28-4-3-5-28/h6-11,14-15,20,23-24,28-29,31-32,42H,3-5,12-13,16-19,21-22H2,1-2H3,(H2,39,47)(H,41,49)(H,43,48)/t24-,29?,31-,32+/m0/s1. The van der Waals surface area contributed by atoms with Crippen molar-refractivity contribution >= 4 is 34.9 Å². The Morgan fingerprint density at radius 1 is 0.837 bits per heavy atom. The molecule has 4 heterocycles. The highest BCUT2D eigenvalue weighted by molar-refractivity contribution is 6.02. The summed E-state index contributed by atoms with van der Waals surface area (Å²) in [5, 5.41) is 9.78. The minimum absolute atomic E-state index is 0.0438. The van der Waals surface area contributed by atoms with E-state index < -0.39 is 5.91 Å². The first-order chi connectivity index (χ1) is 23.7. The van der Waals surface area contributed by atoms with E-state index in [1.807, 2.05) is 19.1 Å². The first-order valence-corrected chi connectivity index (χ1v) is 17.8. The van der Waals surface area contributed by atoms with E-state index in [1.165, 1.54) is 5.69 Å². The second-order valence-electron chi connectivity index (χ2n) is 14.3. The van der Waals surface area contributed by atoms with Crippen molar-refractivity contribution in [1.82, 2.24) is 20.5 Å². The zero-order valence-electron chi connectivity index (χ0n) is 28.5. The number of carbonyl (C=O) groups excluding carboxylic acids is 3. The van der Waals surface area contributed by atoms with Crippen LogP contribution in [0.15, 0.2) is 60.8 Å². The summed E-state index contributed by atoms with van der Waals surface area (Å²) < 4.78 is 0. The molecule has 5 N–H and O–H groups in total. The van der Waals surface area contributed by atoms with Crippen LogP contribution in [0.2, 0.25) is 0 Å². The molecule has 1 unspecified atom stereocenters. The molecule has 3 saturated heterocycles. The SMILES string of the molecule is C[C@H](NC(=O)c1ccc(N2[C@@H]3CC[C@H]2CC(NC(=O)c2ccc(C(N)=O)c(NC4CCC4)c2)C3)nc1)c1ccc(N2CCN(C)CC2)cc1. The van der Waals surface area contributed by atoms with Crippen molar-refractivity contribution in [3.05, 3.63) is 83.0 Å². The van der Waals surface area contributed by atoms with Gasteiger partial charge in [0, 0.05) is 73.5 Å². The number of benzene rings is 2. The number of fused-ring (bicyclic) bond motifs is 2. The minimum atomic E-state index is -0.503. The third-order valence-electron chi connectivity index (χ3n) is 11.0. The van der Waals surface area contributed by atoms with Crippen LogP contribution in [0.1, 0.15) is 94.5 Å². The number of amides is 3. The summed E-state index contributed by atoms with van der Waals surface area (Å²) in [4.78, 5) is 50.4. The van der Waals surface area contributed by atoms with Gasteiger partial charge in [0.25, 0.3) is 17.7 Å². The lowest BCUT2D eigenvalue weighted by Crippen LogP contribution is -2.50. The van der Waals surface area contributed by atoms with Crippen molar-refractivity contribution < 1.29 is 14.4 Å². The number of nitrogens with two attached hydrogens (primary N) is 1. The Balaban J connectivity index is 0.932. The van der Waals surface area contributed by atoms with Gasteiger partial charge in [-0.25, -0.2) is 4.98 Å². The Morgan fingerprint density at radius 2 is 1.53 bits per heavy atom. The number of piperidine rings is 1.